The SMILES string of the molecule is CCOC(=O)c1coc(N2CCC(C(=O)OCC)CC2)n1. The van der Waals surface area contributed by atoms with E-state index in [9.17, 15) is 9.59 Å². The molecule has 0 amide bonds. The zero-order valence-electron chi connectivity index (χ0n) is 12.3. The minimum atomic E-state index is -0.492. The first-order valence-electron chi connectivity index (χ1n) is 7.20. The fraction of sp³-hybridized carbons (Fsp3) is 0.643. The van der Waals surface area contributed by atoms with Gasteiger partial charge in [-0.15, -0.1) is 0 Å². The molecular weight excluding hydrogens is 276 g/mol. The van der Waals surface area contributed by atoms with E-state index in [4.69, 9.17) is 13.9 Å². The monoisotopic (exact) mass is 296 g/mol. The van der Waals surface area contributed by atoms with Crippen LogP contribution in [0.3, 0.4) is 0 Å². The van der Waals surface area contributed by atoms with Crippen LogP contribution < -0.4 is 4.90 Å². The molecular formula is C14H20N2O5. The molecule has 1 aliphatic heterocycles. The predicted molar refractivity (Wildman–Crippen MR) is 74.0 cm³/mol. The molecule has 2 heterocycles. The van der Waals surface area contributed by atoms with Crippen LogP contribution in [0.2, 0.25) is 0 Å². The second kappa shape index (κ2) is 7.10. The van der Waals surface area contributed by atoms with Gasteiger partial charge in [0.2, 0.25) is 0 Å². The lowest BCUT2D eigenvalue weighted by Gasteiger charge is -2.29. The van der Waals surface area contributed by atoms with Gasteiger partial charge in [-0.05, 0) is 26.7 Å². The van der Waals surface area contributed by atoms with Crippen molar-refractivity contribution in [3.63, 3.8) is 0 Å². The van der Waals surface area contributed by atoms with E-state index >= 15 is 0 Å². The van der Waals surface area contributed by atoms with Crippen molar-refractivity contribution in [2.45, 2.75) is 26.7 Å². The quantitative estimate of drug-likeness (QED) is 0.764. The van der Waals surface area contributed by atoms with E-state index in [0.29, 0.717) is 45.2 Å². The number of hydrogen-bond acceptors (Lipinski definition) is 7. The maximum atomic E-state index is 11.7. The molecule has 0 saturated carbocycles. The first-order valence-corrected chi connectivity index (χ1v) is 7.20. The molecule has 7 heteroatoms. The van der Waals surface area contributed by atoms with Crippen molar-refractivity contribution in [1.82, 2.24) is 4.98 Å². The summed E-state index contributed by atoms with van der Waals surface area (Å²) in [5, 5.41) is 0. The molecule has 7 nitrogen and oxygen atoms in total. The number of piperidine rings is 1. The largest absolute Gasteiger partial charge is 0.466 e. The van der Waals surface area contributed by atoms with Gasteiger partial charge in [-0.25, -0.2) is 4.79 Å². The molecule has 0 N–H and O–H groups in total. The molecule has 0 unspecified atom stereocenters. The van der Waals surface area contributed by atoms with E-state index in [1.807, 2.05) is 4.90 Å². The van der Waals surface area contributed by atoms with Gasteiger partial charge in [0, 0.05) is 13.1 Å². The second-order valence-electron chi connectivity index (χ2n) is 4.75. The summed E-state index contributed by atoms with van der Waals surface area (Å²) in [6.07, 6.45) is 2.68. The average Bonchev–Trinajstić information content (AvgIpc) is 2.98. The van der Waals surface area contributed by atoms with Gasteiger partial charge in [-0.2, -0.15) is 4.98 Å². The van der Waals surface area contributed by atoms with Crippen molar-refractivity contribution in [1.29, 1.82) is 0 Å². The lowest BCUT2D eigenvalue weighted by Crippen LogP contribution is -2.37. The van der Waals surface area contributed by atoms with Gasteiger partial charge in [0.15, 0.2) is 5.69 Å². The Labute approximate surface area is 123 Å². The molecule has 1 saturated heterocycles. The normalized spacial score (nSPS) is 15.8. The Kier molecular flexibility index (Phi) is 5.19. The van der Waals surface area contributed by atoms with Crippen molar-refractivity contribution >= 4 is 18.0 Å². The minimum Gasteiger partial charge on any atom is -0.466 e. The highest BCUT2D eigenvalue weighted by Crippen LogP contribution is 2.23. The lowest BCUT2D eigenvalue weighted by atomic mass is 9.97. The highest BCUT2D eigenvalue weighted by atomic mass is 16.5. The fourth-order valence-corrected chi connectivity index (χ4v) is 2.27. The summed E-state index contributed by atoms with van der Waals surface area (Å²) in [5.41, 5.74) is 0.166. The Balaban J connectivity index is 1.90. The van der Waals surface area contributed by atoms with Gasteiger partial charge in [-0.1, -0.05) is 0 Å². The fourth-order valence-electron chi connectivity index (χ4n) is 2.27. The highest BCUT2D eigenvalue weighted by Gasteiger charge is 2.28. The van der Waals surface area contributed by atoms with Gasteiger partial charge in [0.25, 0.3) is 6.01 Å². The lowest BCUT2D eigenvalue weighted by molar-refractivity contribution is -0.148. The Morgan fingerprint density at radius 1 is 1.29 bits per heavy atom. The average molecular weight is 296 g/mol. The summed E-state index contributed by atoms with van der Waals surface area (Å²) in [4.78, 5) is 29.2. The first-order chi connectivity index (χ1) is 10.2. The number of anilines is 1. The Bertz CT molecular complexity index is 491. The molecule has 21 heavy (non-hydrogen) atoms. The Hall–Kier alpha value is -2.05. The predicted octanol–water partition coefficient (Wildman–Crippen LogP) is 1.63. The van der Waals surface area contributed by atoms with Crippen LogP contribution in [0.4, 0.5) is 6.01 Å². The van der Waals surface area contributed by atoms with Crippen LogP contribution in [0.1, 0.15) is 37.2 Å². The van der Waals surface area contributed by atoms with Crippen molar-refractivity contribution in [3.8, 4) is 0 Å². The number of oxazole rings is 1. The maximum Gasteiger partial charge on any atom is 0.360 e. The number of ether oxygens (including phenoxy) is 2. The van der Waals surface area contributed by atoms with Crippen molar-refractivity contribution in [2.24, 2.45) is 5.92 Å². The molecule has 0 radical (unpaired) electrons. The zero-order valence-corrected chi connectivity index (χ0v) is 12.3. The van der Waals surface area contributed by atoms with E-state index in [2.05, 4.69) is 4.98 Å². The number of carbonyl (C=O) groups excluding carboxylic acids is 2. The molecule has 1 aliphatic rings. The first kappa shape index (κ1) is 15.3. The van der Waals surface area contributed by atoms with Crippen LogP contribution in [0.25, 0.3) is 0 Å². The summed E-state index contributed by atoms with van der Waals surface area (Å²) in [7, 11) is 0. The van der Waals surface area contributed by atoms with Gasteiger partial charge < -0.3 is 18.8 Å². The smallest absolute Gasteiger partial charge is 0.360 e. The molecule has 0 aliphatic carbocycles. The summed E-state index contributed by atoms with van der Waals surface area (Å²) < 4.78 is 15.2. The topological polar surface area (TPSA) is 81.9 Å². The number of esters is 2. The summed E-state index contributed by atoms with van der Waals surface area (Å²) in [5.74, 6) is -0.702. The van der Waals surface area contributed by atoms with E-state index < -0.39 is 5.97 Å². The maximum absolute atomic E-state index is 11.7. The van der Waals surface area contributed by atoms with Crippen molar-refractivity contribution < 1.29 is 23.5 Å². The standard InChI is InChI=1S/C14H20N2O5/c1-3-19-12(17)10-5-7-16(8-6-10)14-15-11(9-21-14)13(18)20-4-2/h9-10H,3-8H2,1-2H3. The molecule has 1 aromatic heterocycles. The van der Waals surface area contributed by atoms with Gasteiger partial charge >= 0.3 is 11.9 Å². The third-order valence-corrected chi connectivity index (χ3v) is 3.36. The molecule has 0 atom stereocenters. The number of rotatable bonds is 5. The summed E-state index contributed by atoms with van der Waals surface area (Å²) in [6.45, 7) is 5.53. The molecule has 1 fully saturated rings. The van der Waals surface area contributed by atoms with Crippen LogP contribution in [0, 0.1) is 5.92 Å². The van der Waals surface area contributed by atoms with Gasteiger partial charge in [-0.3, -0.25) is 4.79 Å². The molecule has 2 rings (SSSR count). The number of nitrogens with zero attached hydrogens (tertiary/aromatic N) is 2. The van der Waals surface area contributed by atoms with Gasteiger partial charge in [0.1, 0.15) is 6.26 Å². The number of aromatic nitrogens is 1. The molecule has 0 aromatic carbocycles. The van der Waals surface area contributed by atoms with E-state index in [1.54, 1.807) is 13.8 Å². The summed E-state index contributed by atoms with van der Waals surface area (Å²) in [6, 6.07) is 0.389. The molecule has 116 valence electrons. The third-order valence-electron chi connectivity index (χ3n) is 3.36. The van der Waals surface area contributed by atoms with E-state index in [1.165, 1.54) is 6.26 Å². The van der Waals surface area contributed by atoms with E-state index in [0.717, 1.165) is 0 Å². The zero-order chi connectivity index (χ0) is 15.2. The van der Waals surface area contributed by atoms with E-state index in [-0.39, 0.29) is 17.6 Å². The van der Waals surface area contributed by atoms with Crippen molar-refractivity contribution in [2.75, 3.05) is 31.2 Å². The summed E-state index contributed by atoms with van der Waals surface area (Å²) >= 11 is 0. The molecule has 1 aromatic rings. The van der Waals surface area contributed by atoms with Crippen molar-refractivity contribution in [3.05, 3.63) is 12.0 Å². The van der Waals surface area contributed by atoms with Crippen LogP contribution in [-0.2, 0) is 14.3 Å². The van der Waals surface area contributed by atoms with Gasteiger partial charge in [0.05, 0.1) is 19.1 Å². The Morgan fingerprint density at radius 3 is 2.57 bits per heavy atom. The highest BCUT2D eigenvalue weighted by molar-refractivity contribution is 5.87. The molecule has 0 bridgehead atoms. The minimum absolute atomic E-state index is 0.0688. The third kappa shape index (κ3) is 3.74. The van der Waals surface area contributed by atoms with Crippen LogP contribution in [-0.4, -0.2) is 43.2 Å². The second-order valence-corrected chi connectivity index (χ2v) is 4.75. The number of carbonyl (C=O) groups is 2. The van der Waals surface area contributed by atoms with Crippen LogP contribution in [0.15, 0.2) is 10.7 Å². The number of hydrogen-bond donors (Lipinski definition) is 0. The molecule has 0 spiro atoms. The Morgan fingerprint density at radius 2 is 1.95 bits per heavy atom. The van der Waals surface area contributed by atoms with Crippen LogP contribution >= 0.6 is 0 Å². The van der Waals surface area contributed by atoms with Crippen LogP contribution in [0.5, 0.6) is 0 Å².